The first-order valence-electron chi connectivity index (χ1n) is 8.37. The molecule has 1 aliphatic rings. The van der Waals surface area contributed by atoms with Crippen LogP contribution >= 0.6 is 0 Å². The molecule has 0 unspecified atom stereocenters. The largest absolute Gasteiger partial charge is 0.368 e. The minimum absolute atomic E-state index is 0.118. The van der Waals surface area contributed by atoms with E-state index < -0.39 is 0 Å². The first-order chi connectivity index (χ1) is 10.1. The third-order valence-electron chi connectivity index (χ3n) is 4.18. The van der Waals surface area contributed by atoms with Gasteiger partial charge in [0, 0.05) is 24.8 Å². The van der Waals surface area contributed by atoms with Gasteiger partial charge >= 0.3 is 0 Å². The van der Waals surface area contributed by atoms with Gasteiger partial charge in [0.2, 0.25) is 0 Å². The molecule has 2 rings (SSSR count). The molecule has 0 heterocycles. The minimum Gasteiger partial charge on any atom is -0.368 e. The molecule has 1 aromatic carbocycles. The van der Waals surface area contributed by atoms with Gasteiger partial charge in [0.15, 0.2) is 0 Å². The van der Waals surface area contributed by atoms with Gasteiger partial charge in [0.1, 0.15) is 5.82 Å². The lowest BCUT2D eigenvalue weighted by molar-refractivity contribution is 0.533. The standard InChI is InChI=1S/C18H29FN2/c1-4-20-12-15-9-16(19)11-18(10-15)21(13-14(2)3)17-7-5-6-8-17/h9-11,14,17,20H,4-8,12-13H2,1-3H3. The van der Waals surface area contributed by atoms with Crippen LogP contribution in [0.15, 0.2) is 18.2 Å². The summed E-state index contributed by atoms with van der Waals surface area (Å²) in [5, 5.41) is 3.28. The highest BCUT2D eigenvalue weighted by Crippen LogP contribution is 2.30. The Hall–Kier alpha value is -1.09. The predicted octanol–water partition coefficient (Wildman–Crippen LogP) is 4.34. The van der Waals surface area contributed by atoms with Gasteiger partial charge < -0.3 is 10.2 Å². The molecule has 0 spiro atoms. The summed E-state index contributed by atoms with van der Waals surface area (Å²) in [4.78, 5) is 2.44. The fraction of sp³-hybridized carbons (Fsp3) is 0.667. The monoisotopic (exact) mass is 292 g/mol. The van der Waals surface area contributed by atoms with Crippen molar-refractivity contribution in [1.82, 2.24) is 5.32 Å². The highest BCUT2D eigenvalue weighted by atomic mass is 19.1. The van der Waals surface area contributed by atoms with Crippen LogP contribution in [0.25, 0.3) is 0 Å². The number of hydrogen-bond acceptors (Lipinski definition) is 2. The number of hydrogen-bond donors (Lipinski definition) is 1. The molecule has 0 bridgehead atoms. The molecule has 1 aromatic rings. The maximum Gasteiger partial charge on any atom is 0.125 e. The first-order valence-corrected chi connectivity index (χ1v) is 8.37. The minimum atomic E-state index is -0.118. The fourth-order valence-electron chi connectivity index (χ4n) is 3.25. The topological polar surface area (TPSA) is 15.3 Å². The van der Waals surface area contributed by atoms with Crippen LogP contribution in [0.1, 0.15) is 52.0 Å². The molecular formula is C18H29FN2. The van der Waals surface area contributed by atoms with Gasteiger partial charge in [-0.1, -0.05) is 33.6 Å². The Balaban J connectivity index is 2.22. The molecule has 0 radical (unpaired) electrons. The Morgan fingerprint density at radius 2 is 1.95 bits per heavy atom. The molecule has 0 saturated heterocycles. The van der Waals surface area contributed by atoms with Crippen LogP contribution < -0.4 is 10.2 Å². The second kappa shape index (κ2) is 7.79. The second-order valence-electron chi connectivity index (χ2n) is 6.58. The van der Waals surface area contributed by atoms with E-state index in [0.29, 0.717) is 12.0 Å². The van der Waals surface area contributed by atoms with Crippen molar-refractivity contribution >= 4 is 5.69 Å². The number of rotatable bonds is 7. The van der Waals surface area contributed by atoms with E-state index in [4.69, 9.17) is 0 Å². The average molecular weight is 292 g/mol. The summed E-state index contributed by atoms with van der Waals surface area (Å²) in [6.07, 6.45) is 5.09. The van der Waals surface area contributed by atoms with Crippen molar-refractivity contribution in [1.29, 1.82) is 0 Å². The normalized spacial score (nSPS) is 15.9. The van der Waals surface area contributed by atoms with Gasteiger partial charge in [0.05, 0.1) is 0 Å². The summed E-state index contributed by atoms with van der Waals surface area (Å²) in [6.45, 7) is 9.20. The Morgan fingerprint density at radius 3 is 2.57 bits per heavy atom. The molecule has 1 aliphatic carbocycles. The zero-order valence-corrected chi connectivity index (χ0v) is 13.7. The maximum atomic E-state index is 14.0. The molecule has 1 saturated carbocycles. The second-order valence-corrected chi connectivity index (χ2v) is 6.58. The molecule has 0 aliphatic heterocycles. The summed E-state index contributed by atoms with van der Waals surface area (Å²) in [7, 11) is 0. The van der Waals surface area contributed by atoms with Crippen molar-refractivity contribution < 1.29 is 4.39 Å². The van der Waals surface area contributed by atoms with Crippen molar-refractivity contribution in [2.24, 2.45) is 5.92 Å². The molecule has 1 fully saturated rings. The van der Waals surface area contributed by atoms with E-state index in [1.807, 2.05) is 0 Å². The van der Waals surface area contributed by atoms with Crippen molar-refractivity contribution in [3.63, 3.8) is 0 Å². The van der Waals surface area contributed by atoms with Gasteiger partial charge in [-0.2, -0.15) is 0 Å². The lowest BCUT2D eigenvalue weighted by Crippen LogP contribution is -2.36. The Kier molecular flexibility index (Phi) is 6.04. The van der Waals surface area contributed by atoms with E-state index in [1.54, 1.807) is 12.1 Å². The summed E-state index contributed by atoms with van der Waals surface area (Å²) >= 11 is 0. The quantitative estimate of drug-likeness (QED) is 0.804. The van der Waals surface area contributed by atoms with E-state index >= 15 is 0 Å². The third-order valence-corrected chi connectivity index (χ3v) is 4.18. The van der Waals surface area contributed by atoms with Crippen molar-refractivity contribution in [3.05, 3.63) is 29.6 Å². The summed E-state index contributed by atoms with van der Waals surface area (Å²) < 4.78 is 14.0. The van der Waals surface area contributed by atoms with Gasteiger partial charge in [0.25, 0.3) is 0 Å². The molecule has 0 aromatic heterocycles. The van der Waals surface area contributed by atoms with Crippen molar-refractivity contribution in [2.75, 3.05) is 18.0 Å². The fourth-order valence-corrected chi connectivity index (χ4v) is 3.25. The van der Waals surface area contributed by atoms with E-state index in [9.17, 15) is 4.39 Å². The lowest BCUT2D eigenvalue weighted by Gasteiger charge is -2.33. The zero-order valence-electron chi connectivity index (χ0n) is 13.7. The van der Waals surface area contributed by atoms with E-state index in [-0.39, 0.29) is 5.82 Å². The van der Waals surface area contributed by atoms with Crippen LogP contribution in [0, 0.1) is 11.7 Å². The summed E-state index contributed by atoms with van der Waals surface area (Å²) in [5.41, 5.74) is 2.10. The van der Waals surface area contributed by atoms with Gasteiger partial charge in [-0.15, -0.1) is 0 Å². The number of nitrogens with one attached hydrogen (secondary N) is 1. The van der Waals surface area contributed by atoms with Gasteiger partial charge in [-0.3, -0.25) is 0 Å². The number of nitrogens with zero attached hydrogens (tertiary/aromatic N) is 1. The Labute approximate surface area is 128 Å². The van der Waals surface area contributed by atoms with Crippen LogP contribution in [-0.4, -0.2) is 19.1 Å². The SMILES string of the molecule is CCNCc1cc(F)cc(N(CC(C)C)C2CCCC2)c1. The lowest BCUT2D eigenvalue weighted by atomic mass is 10.1. The Morgan fingerprint density at radius 1 is 1.24 bits per heavy atom. The van der Waals surface area contributed by atoms with Crippen LogP contribution in [0.2, 0.25) is 0 Å². The molecule has 118 valence electrons. The molecule has 1 N–H and O–H groups in total. The highest BCUT2D eigenvalue weighted by Gasteiger charge is 2.24. The van der Waals surface area contributed by atoms with Crippen LogP contribution in [-0.2, 0) is 6.54 Å². The average Bonchev–Trinajstić information content (AvgIpc) is 2.95. The van der Waals surface area contributed by atoms with Gasteiger partial charge in [-0.25, -0.2) is 4.39 Å². The maximum absolute atomic E-state index is 14.0. The Bertz CT molecular complexity index is 439. The van der Waals surface area contributed by atoms with Crippen LogP contribution in [0.4, 0.5) is 10.1 Å². The first kappa shape index (κ1) is 16.3. The molecule has 0 atom stereocenters. The molecule has 2 nitrogen and oxygen atoms in total. The highest BCUT2D eigenvalue weighted by molar-refractivity contribution is 5.50. The smallest absolute Gasteiger partial charge is 0.125 e. The zero-order chi connectivity index (χ0) is 15.2. The van der Waals surface area contributed by atoms with Crippen LogP contribution in [0.3, 0.4) is 0 Å². The molecule has 0 amide bonds. The van der Waals surface area contributed by atoms with Crippen LogP contribution in [0.5, 0.6) is 0 Å². The van der Waals surface area contributed by atoms with E-state index in [2.05, 4.69) is 37.1 Å². The molecular weight excluding hydrogens is 263 g/mol. The van der Waals surface area contributed by atoms with Crippen molar-refractivity contribution in [2.45, 2.75) is 59.0 Å². The molecule has 3 heteroatoms. The number of halogens is 1. The van der Waals surface area contributed by atoms with E-state index in [1.165, 1.54) is 25.7 Å². The summed E-state index contributed by atoms with van der Waals surface area (Å²) in [5.74, 6) is 0.471. The van der Waals surface area contributed by atoms with Crippen molar-refractivity contribution in [3.8, 4) is 0 Å². The van der Waals surface area contributed by atoms with Gasteiger partial charge in [-0.05, 0) is 49.1 Å². The van der Waals surface area contributed by atoms with E-state index in [0.717, 1.165) is 30.9 Å². The summed E-state index contributed by atoms with van der Waals surface area (Å²) in [6, 6.07) is 6.10. The molecule has 21 heavy (non-hydrogen) atoms. The predicted molar refractivity (Wildman–Crippen MR) is 88.2 cm³/mol. The third kappa shape index (κ3) is 4.70. The number of anilines is 1. The number of benzene rings is 1.